The summed E-state index contributed by atoms with van der Waals surface area (Å²) in [5.41, 5.74) is 1.05. The average molecular weight is 253 g/mol. The highest BCUT2D eigenvalue weighted by molar-refractivity contribution is 7.11. The van der Waals surface area contributed by atoms with Crippen LogP contribution in [0.3, 0.4) is 0 Å². The third-order valence-corrected chi connectivity index (χ3v) is 4.22. The van der Waals surface area contributed by atoms with Crippen molar-refractivity contribution in [3.05, 3.63) is 15.6 Å². The van der Waals surface area contributed by atoms with Gasteiger partial charge in [-0.05, 0) is 33.1 Å². The molecule has 1 saturated heterocycles. The van der Waals surface area contributed by atoms with Crippen molar-refractivity contribution in [3.63, 3.8) is 0 Å². The predicted molar refractivity (Wildman–Crippen MR) is 68.5 cm³/mol. The molecule has 94 valence electrons. The first-order chi connectivity index (χ1) is 8.15. The summed E-state index contributed by atoms with van der Waals surface area (Å²) < 4.78 is 5.58. The maximum Gasteiger partial charge on any atom is 0.142 e. The third kappa shape index (κ3) is 3.61. The van der Waals surface area contributed by atoms with Gasteiger partial charge >= 0.3 is 0 Å². The number of thiazole rings is 1. The van der Waals surface area contributed by atoms with E-state index in [1.807, 2.05) is 13.8 Å². The molecule has 0 radical (unpaired) electrons. The quantitative estimate of drug-likeness (QED) is 0.828. The summed E-state index contributed by atoms with van der Waals surface area (Å²) in [7, 11) is 0. The van der Waals surface area contributed by atoms with E-state index in [2.05, 4.69) is 4.98 Å². The fourth-order valence-electron chi connectivity index (χ4n) is 2.08. The molecule has 1 aliphatic heterocycles. The second-order valence-corrected chi connectivity index (χ2v) is 5.95. The third-order valence-electron chi connectivity index (χ3n) is 3.15. The monoisotopic (exact) mass is 253 g/mol. The van der Waals surface area contributed by atoms with E-state index < -0.39 is 0 Å². The topological polar surface area (TPSA) is 39.2 Å². The molecule has 17 heavy (non-hydrogen) atoms. The molecule has 0 aliphatic carbocycles. The Kier molecular flexibility index (Phi) is 4.29. The minimum absolute atomic E-state index is 0.151. The summed E-state index contributed by atoms with van der Waals surface area (Å²) in [6.07, 6.45) is 4.53. The first kappa shape index (κ1) is 12.7. The number of hydrogen-bond acceptors (Lipinski definition) is 4. The number of nitrogens with zero attached hydrogens (tertiary/aromatic N) is 1. The zero-order valence-corrected chi connectivity index (χ0v) is 11.3. The fraction of sp³-hybridized carbons (Fsp3) is 0.692. The molecule has 0 amide bonds. The fourth-order valence-corrected chi connectivity index (χ4v) is 3.04. The van der Waals surface area contributed by atoms with Gasteiger partial charge in [-0.3, -0.25) is 4.79 Å². The van der Waals surface area contributed by atoms with Gasteiger partial charge in [-0.1, -0.05) is 0 Å². The van der Waals surface area contributed by atoms with E-state index in [0.717, 1.165) is 30.2 Å². The van der Waals surface area contributed by atoms with Gasteiger partial charge in [0, 0.05) is 17.9 Å². The molecule has 1 unspecified atom stereocenters. The van der Waals surface area contributed by atoms with E-state index in [1.54, 1.807) is 11.3 Å². The van der Waals surface area contributed by atoms with E-state index >= 15 is 0 Å². The number of carbonyl (C=O) groups excluding carboxylic acids is 1. The lowest BCUT2D eigenvalue weighted by Crippen LogP contribution is -2.23. The van der Waals surface area contributed by atoms with E-state index in [4.69, 9.17) is 4.74 Å². The van der Waals surface area contributed by atoms with Crippen LogP contribution in [0.5, 0.6) is 0 Å². The standard InChI is InChI=1S/C13H19NO2S/c1-9-10(2)17-13(14-9)8-11(15)7-12-5-3-4-6-16-12/h12H,3-8H2,1-2H3. The number of aromatic nitrogens is 1. The van der Waals surface area contributed by atoms with Crippen LogP contribution in [0.25, 0.3) is 0 Å². The van der Waals surface area contributed by atoms with Gasteiger partial charge in [0.2, 0.25) is 0 Å². The van der Waals surface area contributed by atoms with Gasteiger partial charge in [0.1, 0.15) is 10.8 Å². The number of ether oxygens (including phenoxy) is 1. The van der Waals surface area contributed by atoms with Gasteiger partial charge in [-0.25, -0.2) is 4.98 Å². The maximum atomic E-state index is 11.9. The average Bonchev–Trinajstić information content (AvgIpc) is 2.59. The van der Waals surface area contributed by atoms with Crippen LogP contribution in [0.1, 0.15) is 41.3 Å². The van der Waals surface area contributed by atoms with Gasteiger partial charge in [0.05, 0.1) is 18.2 Å². The smallest absolute Gasteiger partial charge is 0.142 e. The largest absolute Gasteiger partial charge is 0.378 e. The molecule has 0 N–H and O–H groups in total. The molecule has 0 aromatic carbocycles. The Morgan fingerprint density at radius 2 is 2.29 bits per heavy atom. The molecular weight excluding hydrogens is 234 g/mol. The zero-order chi connectivity index (χ0) is 12.3. The van der Waals surface area contributed by atoms with Gasteiger partial charge in [-0.15, -0.1) is 11.3 Å². The van der Waals surface area contributed by atoms with Crippen molar-refractivity contribution in [2.24, 2.45) is 0 Å². The van der Waals surface area contributed by atoms with Crippen LogP contribution in [-0.2, 0) is 16.0 Å². The Balaban J connectivity index is 1.84. The molecule has 1 atom stereocenters. The lowest BCUT2D eigenvalue weighted by atomic mass is 10.0. The van der Waals surface area contributed by atoms with E-state index in [1.165, 1.54) is 11.3 Å². The summed E-state index contributed by atoms with van der Waals surface area (Å²) in [6.45, 7) is 4.85. The molecule has 1 aliphatic rings. The van der Waals surface area contributed by atoms with Crippen LogP contribution < -0.4 is 0 Å². The summed E-state index contributed by atoms with van der Waals surface area (Å²) in [5.74, 6) is 0.255. The zero-order valence-electron chi connectivity index (χ0n) is 10.5. The lowest BCUT2D eigenvalue weighted by Gasteiger charge is -2.21. The maximum absolute atomic E-state index is 11.9. The van der Waals surface area contributed by atoms with Crippen molar-refractivity contribution >= 4 is 17.1 Å². The molecule has 1 fully saturated rings. The van der Waals surface area contributed by atoms with Crippen LogP contribution in [-0.4, -0.2) is 23.5 Å². The normalized spacial score (nSPS) is 20.5. The number of hydrogen-bond donors (Lipinski definition) is 0. The molecule has 4 heteroatoms. The second kappa shape index (κ2) is 5.74. The highest BCUT2D eigenvalue weighted by Gasteiger charge is 2.18. The number of Topliss-reactive ketones (excluding diaryl/α,β-unsaturated/α-hetero) is 1. The van der Waals surface area contributed by atoms with Crippen LogP contribution in [0.4, 0.5) is 0 Å². The van der Waals surface area contributed by atoms with E-state index in [-0.39, 0.29) is 11.9 Å². The van der Waals surface area contributed by atoms with Gasteiger partial charge in [0.15, 0.2) is 0 Å². The van der Waals surface area contributed by atoms with Crippen molar-refractivity contribution in [2.45, 2.75) is 52.1 Å². The van der Waals surface area contributed by atoms with Crippen molar-refractivity contribution in [1.82, 2.24) is 4.98 Å². The molecule has 2 rings (SSSR count). The Bertz CT molecular complexity index is 375. The molecule has 0 saturated carbocycles. The summed E-state index contributed by atoms with van der Waals surface area (Å²) >= 11 is 1.63. The number of aryl methyl sites for hydroxylation is 2. The summed E-state index contributed by atoms with van der Waals surface area (Å²) in [5, 5.41) is 0.945. The number of carbonyl (C=O) groups is 1. The van der Waals surface area contributed by atoms with Crippen molar-refractivity contribution in [3.8, 4) is 0 Å². The second-order valence-electron chi connectivity index (χ2n) is 4.66. The molecule has 2 heterocycles. The highest BCUT2D eigenvalue weighted by Crippen LogP contribution is 2.20. The number of ketones is 1. The van der Waals surface area contributed by atoms with Crippen molar-refractivity contribution in [2.75, 3.05) is 6.61 Å². The Morgan fingerprint density at radius 1 is 1.47 bits per heavy atom. The summed E-state index contributed by atoms with van der Waals surface area (Å²) in [6, 6.07) is 0. The lowest BCUT2D eigenvalue weighted by molar-refractivity contribution is -0.122. The first-order valence-electron chi connectivity index (χ1n) is 6.21. The minimum Gasteiger partial charge on any atom is -0.378 e. The Morgan fingerprint density at radius 3 is 2.88 bits per heavy atom. The highest BCUT2D eigenvalue weighted by atomic mass is 32.1. The minimum atomic E-state index is 0.151. The van der Waals surface area contributed by atoms with Gasteiger partial charge in [-0.2, -0.15) is 0 Å². The molecular formula is C13H19NO2S. The Labute approximate surface area is 106 Å². The predicted octanol–water partition coefficient (Wildman–Crippen LogP) is 2.83. The van der Waals surface area contributed by atoms with E-state index in [0.29, 0.717) is 12.8 Å². The van der Waals surface area contributed by atoms with Crippen molar-refractivity contribution < 1.29 is 9.53 Å². The molecule has 1 aromatic rings. The summed E-state index contributed by atoms with van der Waals surface area (Å²) in [4.78, 5) is 17.5. The van der Waals surface area contributed by atoms with Crippen LogP contribution >= 0.6 is 11.3 Å². The molecule has 0 spiro atoms. The number of rotatable bonds is 4. The van der Waals surface area contributed by atoms with E-state index in [9.17, 15) is 4.79 Å². The van der Waals surface area contributed by atoms with Crippen molar-refractivity contribution in [1.29, 1.82) is 0 Å². The van der Waals surface area contributed by atoms with Crippen LogP contribution in [0, 0.1) is 13.8 Å². The Hall–Kier alpha value is -0.740. The van der Waals surface area contributed by atoms with Crippen LogP contribution in [0.15, 0.2) is 0 Å². The SMILES string of the molecule is Cc1nc(CC(=O)CC2CCCCO2)sc1C. The van der Waals surface area contributed by atoms with Gasteiger partial charge in [0.25, 0.3) is 0 Å². The van der Waals surface area contributed by atoms with Gasteiger partial charge < -0.3 is 4.74 Å². The molecule has 1 aromatic heterocycles. The first-order valence-corrected chi connectivity index (χ1v) is 7.03. The molecule has 3 nitrogen and oxygen atoms in total. The molecule has 0 bridgehead atoms. The van der Waals surface area contributed by atoms with Crippen LogP contribution in [0.2, 0.25) is 0 Å².